The predicted octanol–water partition coefficient (Wildman–Crippen LogP) is 2.71. The molecule has 1 rings (SSSR count). The van der Waals surface area contributed by atoms with Gasteiger partial charge in [-0.2, -0.15) is 0 Å². The first-order valence-corrected chi connectivity index (χ1v) is 6.76. The molecular formula is C13H19NO3S. The number of nitrogen functional groups attached to an aromatic ring is 1. The van der Waals surface area contributed by atoms with E-state index in [4.69, 9.17) is 10.5 Å². The minimum absolute atomic E-state index is 0.111. The molecule has 0 aliphatic heterocycles. The van der Waals surface area contributed by atoms with Crippen LogP contribution < -0.4 is 10.5 Å². The highest BCUT2D eigenvalue weighted by Gasteiger charge is 2.05. The zero-order chi connectivity index (χ0) is 13.5. The summed E-state index contributed by atoms with van der Waals surface area (Å²) in [5, 5.41) is 0. The van der Waals surface area contributed by atoms with E-state index in [1.54, 1.807) is 17.8 Å². The number of anilines is 1. The van der Waals surface area contributed by atoms with Crippen LogP contribution in [0, 0.1) is 0 Å². The van der Waals surface area contributed by atoms with E-state index >= 15 is 0 Å². The van der Waals surface area contributed by atoms with Crippen LogP contribution in [0.2, 0.25) is 0 Å². The molecule has 0 aliphatic carbocycles. The van der Waals surface area contributed by atoms with E-state index in [0.29, 0.717) is 17.9 Å². The van der Waals surface area contributed by atoms with E-state index in [9.17, 15) is 4.79 Å². The fourth-order valence-electron chi connectivity index (χ4n) is 1.37. The van der Waals surface area contributed by atoms with Crippen LogP contribution in [0.15, 0.2) is 23.1 Å². The second kappa shape index (κ2) is 7.16. The molecule has 0 heterocycles. The summed E-state index contributed by atoms with van der Waals surface area (Å²) < 4.78 is 10.2. The number of carbonyl (C=O) groups is 1. The topological polar surface area (TPSA) is 61.5 Å². The Morgan fingerprint density at radius 3 is 2.72 bits per heavy atom. The van der Waals surface area contributed by atoms with Gasteiger partial charge in [0.2, 0.25) is 0 Å². The van der Waals surface area contributed by atoms with Gasteiger partial charge >= 0.3 is 5.97 Å². The Morgan fingerprint density at radius 2 is 2.11 bits per heavy atom. The Labute approximate surface area is 112 Å². The maximum absolute atomic E-state index is 11.0. The molecule has 1 aromatic rings. The fourth-order valence-corrected chi connectivity index (χ4v) is 2.29. The van der Waals surface area contributed by atoms with Gasteiger partial charge in [-0.3, -0.25) is 4.79 Å². The monoisotopic (exact) mass is 269 g/mol. The molecule has 0 saturated heterocycles. The van der Waals surface area contributed by atoms with Gasteiger partial charge in [0.05, 0.1) is 19.6 Å². The minimum atomic E-state index is -0.204. The van der Waals surface area contributed by atoms with Gasteiger partial charge in [-0.1, -0.05) is 0 Å². The lowest BCUT2D eigenvalue weighted by Crippen LogP contribution is -2.06. The smallest absolute Gasteiger partial charge is 0.306 e. The number of esters is 1. The lowest BCUT2D eigenvalue weighted by Gasteiger charge is -2.12. The van der Waals surface area contributed by atoms with Gasteiger partial charge in [0.1, 0.15) is 5.75 Å². The summed E-state index contributed by atoms with van der Waals surface area (Å²) in [5.74, 6) is 1.22. The van der Waals surface area contributed by atoms with Crippen molar-refractivity contribution in [3.05, 3.63) is 18.2 Å². The van der Waals surface area contributed by atoms with E-state index < -0.39 is 0 Å². The maximum Gasteiger partial charge on any atom is 0.306 e. The maximum atomic E-state index is 11.0. The number of thioether (sulfide) groups is 1. The minimum Gasteiger partial charge on any atom is -0.491 e. The van der Waals surface area contributed by atoms with E-state index in [1.165, 1.54) is 7.11 Å². The molecule has 0 bridgehead atoms. The summed E-state index contributed by atoms with van der Waals surface area (Å²) in [6, 6.07) is 5.60. The molecular weight excluding hydrogens is 250 g/mol. The van der Waals surface area contributed by atoms with Crippen LogP contribution in [0.1, 0.15) is 20.3 Å². The van der Waals surface area contributed by atoms with Crippen molar-refractivity contribution in [1.29, 1.82) is 0 Å². The second-order valence-corrected chi connectivity index (χ2v) is 5.25. The lowest BCUT2D eigenvalue weighted by molar-refractivity contribution is -0.140. The molecule has 18 heavy (non-hydrogen) atoms. The van der Waals surface area contributed by atoms with Gasteiger partial charge in [-0.05, 0) is 26.0 Å². The summed E-state index contributed by atoms with van der Waals surface area (Å²) in [4.78, 5) is 12.0. The van der Waals surface area contributed by atoms with Crippen molar-refractivity contribution in [2.75, 3.05) is 18.6 Å². The average Bonchev–Trinajstić information content (AvgIpc) is 2.27. The van der Waals surface area contributed by atoms with Gasteiger partial charge in [-0.25, -0.2) is 0 Å². The van der Waals surface area contributed by atoms with Gasteiger partial charge in [0.25, 0.3) is 0 Å². The molecule has 0 fully saturated rings. The molecule has 2 N–H and O–H groups in total. The number of hydrogen-bond acceptors (Lipinski definition) is 5. The molecule has 0 aliphatic rings. The summed E-state index contributed by atoms with van der Waals surface area (Å²) in [7, 11) is 1.39. The highest BCUT2D eigenvalue weighted by molar-refractivity contribution is 7.99. The molecule has 0 atom stereocenters. The second-order valence-electron chi connectivity index (χ2n) is 4.08. The normalized spacial score (nSPS) is 10.4. The fraction of sp³-hybridized carbons (Fsp3) is 0.462. The molecule has 0 saturated carbocycles. The van der Waals surface area contributed by atoms with Crippen molar-refractivity contribution < 1.29 is 14.3 Å². The molecule has 100 valence electrons. The standard InChI is InChI=1S/C13H19NO3S/c1-9(2)17-11-6-10(14)7-12(8-11)18-5-4-13(15)16-3/h6-9H,4-5,14H2,1-3H3. The first-order valence-electron chi connectivity index (χ1n) is 5.78. The Bertz CT molecular complexity index is 407. The highest BCUT2D eigenvalue weighted by atomic mass is 32.2. The van der Waals surface area contributed by atoms with Gasteiger partial charge in [-0.15, -0.1) is 11.8 Å². The Balaban J connectivity index is 2.59. The van der Waals surface area contributed by atoms with Crippen molar-refractivity contribution in [2.45, 2.75) is 31.3 Å². The lowest BCUT2D eigenvalue weighted by atomic mass is 10.3. The summed E-state index contributed by atoms with van der Waals surface area (Å²) >= 11 is 1.56. The van der Waals surface area contributed by atoms with Gasteiger partial charge < -0.3 is 15.2 Å². The van der Waals surface area contributed by atoms with E-state index in [2.05, 4.69) is 4.74 Å². The molecule has 0 spiro atoms. The molecule has 0 radical (unpaired) electrons. The summed E-state index contributed by atoms with van der Waals surface area (Å²) in [6.07, 6.45) is 0.496. The van der Waals surface area contributed by atoms with Gasteiger partial charge in [0, 0.05) is 22.4 Å². The molecule has 5 heteroatoms. The Hall–Kier alpha value is -1.36. The summed E-state index contributed by atoms with van der Waals surface area (Å²) in [5.41, 5.74) is 6.47. The third-order valence-electron chi connectivity index (χ3n) is 2.08. The number of carbonyl (C=O) groups excluding carboxylic acids is 1. The number of benzene rings is 1. The van der Waals surface area contributed by atoms with Crippen LogP contribution in [0.4, 0.5) is 5.69 Å². The highest BCUT2D eigenvalue weighted by Crippen LogP contribution is 2.27. The van der Waals surface area contributed by atoms with Crippen LogP contribution in [0.5, 0.6) is 5.75 Å². The number of rotatable bonds is 6. The molecule has 0 amide bonds. The van der Waals surface area contributed by atoms with Crippen molar-refractivity contribution in [3.8, 4) is 5.75 Å². The SMILES string of the molecule is COC(=O)CCSc1cc(N)cc(OC(C)C)c1. The summed E-state index contributed by atoms with van der Waals surface area (Å²) in [6.45, 7) is 3.93. The number of nitrogens with two attached hydrogens (primary N) is 1. The van der Waals surface area contributed by atoms with E-state index in [1.807, 2.05) is 26.0 Å². The molecule has 1 aromatic carbocycles. The van der Waals surface area contributed by atoms with Crippen LogP contribution >= 0.6 is 11.8 Å². The zero-order valence-electron chi connectivity index (χ0n) is 10.9. The number of ether oxygens (including phenoxy) is 2. The third-order valence-corrected chi connectivity index (χ3v) is 3.05. The quantitative estimate of drug-likeness (QED) is 0.489. The zero-order valence-corrected chi connectivity index (χ0v) is 11.8. The molecule has 0 unspecified atom stereocenters. The Morgan fingerprint density at radius 1 is 1.39 bits per heavy atom. The van der Waals surface area contributed by atoms with E-state index in [-0.39, 0.29) is 12.1 Å². The van der Waals surface area contributed by atoms with Crippen LogP contribution in [-0.4, -0.2) is 24.9 Å². The first kappa shape index (κ1) is 14.7. The van der Waals surface area contributed by atoms with Crippen molar-refractivity contribution in [1.82, 2.24) is 0 Å². The molecule has 4 nitrogen and oxygen atoms in total. The van der Waals surface area contributed by atoms with Crippen molar-refractivity contribution in [3.63, 3.8) is 0 Å². The largest absolute Gasteiger partial charge is 0.491 e. The Kier molecular flexibility index (Phi) is 5.85. The van der Waals surface area contributed by atoms with Crippen LogP contribution in [-0.2, 0) is 9.53 Å². The van der Waals surface area contributed by atoms with Gasteiger partial charge in [0.15, 0.2) is 0 Å². The van der Waals surface area contributed by atoms with Crippen LogP contribution in [0.25, 0.3) is 0 Å². The first-order chi connectivity index (χ1) is 8.51. The number of hydrogen-bond donors (Lipinski definition) is 1. The van der Waals surface area contributed by atoms with Crippen molar-refractivity contribution in [2.24, 2.45) is 0 Å². The number of methoxy groups -OCH3 is 1. The predicted molar refractivity (Wildman–Crippen MR) is 74.0 cm³/mol. The molecule has 0 aromatic heterocycles. The van der Waals surface area contributed by atoms with Crippen molar-refractivity contribution >= 4 is 23.4 Å². The van der Waals surface area contributed by atoms with Crippen LogP contribution in [0.3, 0.4) is 0 Å². The third kappa shape index (κ3) is 5.31. The van der Waals surface area contributed by atoms with E-state index in [0.717, 1.165) is 10.6 Å². The average molecular weight is 269 g/mol.